The maximum absolute atomic E-state index is 6.43. The first-order valence-corrected chi connectivity index (χ1v) is 26.5. The van der Waals surface area contributed by atoms with E-state index in [0.717, 1.165) is 39.0 Å². The molecule has 1 heterocycles. The molecule has 2 heteroatoms. The Hall–Kier alpha value is -8.72. The van der Waals surface area contributed by atoms with Gasteiger partial charge < -0.3 is 9.32 Å². The minimum atomic E-state index is -0.634. The average molecular weight is 964 g/mol. The Morgan fingerprint density at radius 2 is 0.787 bits per heavy atom. The predicted octanol–water partition coefficient (Wildman–Crippen LogP) is 20.1. The Bertz CT molecular complexity index is 4180. The van der Waals surface area contributed by atoms with Crippen LogP contribution in [0.25, 0.3) is 88.3 Å². The molecule has 75 heavy (non-hydrogen) atoms. The normalized spacial score (nSPS) is 13.3. The molecule has 2 nitrogen and oxygen atoms in total. The van der Waals surface area contributed by atoms with Crippen molar-refractivity contribution in [3.8, 4) is 55.6 Å². The Balaban J connectivity index is 1.03. The summed E-state index contributed by atoms with van der Waals surface area (Å²) < 4.78 is 6.43. The van der Waals surface area contributed by atoms with Crippen LogP contribution >= 0.6 is 0 Å². The molecule has 2 aliphatic rings. The molecule has 0 fully saturated rings. The van der Waals surface area contributed by atoms with Gasteiger partial charge in [-0.25, -0.2) is 0 Å². The summed E-state index contributed by atoms with van der Waals surface area (Å²) >= 11 is 0. The molecule has 1 spiro atoms. The molecule has 0 amide bonds. The zero-order valence-electron chi connectivity index (χ0n) is 43.4. The van der Waals surface area contributed by atoms with E-state index < -0.39 is 5.41 Å². The molecule has 0 aliphatic heterocycles. The molecule has 11 aromatic carbocycles. The van der Waals surface area contributed by atoms with Gasteiger partial charge in [-0.1, -0.05) is 217 Å². The number of hydrogen-bond donors (Lipinski definition) is 0. The Morgan fingerprint density at radius 1 is 0.307 bits per heavy atom. The van der Waals surface area contributed by atoms with E-state index in [9.17, 15) is 0 Å². The number of hydrogen-bond acceptors (Lipinski definition) is 2. The average Bonchev–Trinajstić information content (AvgIpc) is 4.28. The summed E-state index contributed by atoms with van der Waals surface area (Å²) in [6.45, 7) is 14.1. The molecule has 2 aliphatic carbocycles. The van der Waals surface area contributed by atoms with Crippen molar-refractivity contribution in [2.45, 2.75) is 57.8 Å². The third-order valence-electron chi connectivity index (χ3n) is 16.4. The lowest BCUT2D eigenvalue weighted by atomic mass is 9.68. The summed E-state index contributed by atoms with van der Waals surface area (Å²) in [7, 11) is 0. The van der Waals surface area contributed by atoms with Gasteiger partial charge in [0.15, 0.2) is 0 Å². The number of benzene rings is 11. The van der Waals surface area contributed by atoms with Gasteiger partial charge in [-0.3, -0.25) is 0 Å². The van der Waals surface area contributed by atoms with Gasteiger partial charge >= 0.3 is 0 Å². The second kappa shape index (κ2) is 16.6. The van der Waals surface area contributed by atoms with Crippen LogP contribution in [-0.4, -0.2) is 0 Å². The molecule has 0 atom stereocenters. The van der Waals surface area contributed by atoms with Crippen molar-refractivity contribution in [2.24, 2.45) is 0 Å². The smallest absolute Gasteiger partial charge is 0.135 e. The van der Waals surface area contributed by atoms with Gasteiger partial charge in [0.1, 0.15) is 11.2 Å². The second-order valence-electron chi connectivity index (χ2n) is 22.9. The summed E-state index contributed by atoms with van der Waals surface area (Å²) in [6, 6.07) is 88.7. The molecule has 12 aromatic rings. The summed E-state index contributed by atoms with van der Waals surface area (Å²) in [4.78, 5) is 2.45. The molecule has 1 aromatic heterocycles. The monoisotopic (exact) mass is 963 g/mol. The second-order valence-corrected chi connectivity index (χ2v) is 22.9. The van der Waals surface area contributed by atoms with Gasteiger partial charge in [0.2, 0.25) is 0 Å². The van der Waals surface area contributed by atoms with Gasteiger partial charge in [-0.15, -0.1) is 0 Å². The van der Waals surface area contributed by atoms with E-state index in [4.69, 9.17) is 4.42 Å². The van der Waals surface area contributed by atoms with Gasteiger partial charge in [0.05, 0.1) is 5.41 Å². The maximum atomic E-state index is 6.43. The summed E-state index contributed by atoms with van der Waals surface area (Å²) in [5.74, 6) is 0. The molecule has 0 radical (unpaired) electrons. The zero-order chi connectivity index (χ0) is 50.8. The van der Waals surface area contributed by atoms with Crippen molar-refractivity contribution < 1.29 is 4.42 Å². The highest BCUT2D eigenvalue weighted by Crippen LogP contribution is 2.65. The number of anilines is 3. The third-order valence-corrected chi connectivity index (χ3v) is 16.4. The van der Waals surface area contributed by atoms with Crippen molar-refractivity contribution in [1.82, 2.24) is 0 Å². The highest BCUT2D eigenvalue weighted by atomic mass is 16.3. The topological polar surface area (TPSA) is 16.4 Å². The Kier molecular flexibility index (Phi) is 9.98. The van der Waals surface area contributed by atoms with Crippen molar-refractivity contribution in [3.63, 3.8) is 0 Å². The van der Waals surface area contributed by atoms with E-state index in [1.54, 1.807) is 0 Å². The number of para-hydroxylation sites is 1. The standard InChI is InChI=1S/C73H57NO/c1-71(2,3)52-29-36-60-61-37-30-53(72(4,5)6)43-67(61)73(66(60)42-52)65-41-50(49-20-14-21-51(40-49)58-24-15-19-48-18-10-11-22-57(48)58)28-35-59(65)62-38-33-56(45-68(62)73)74(54-31-26-47(27-32-54)46-16-8-7-9-17-46)55-34-39-70-64(44-55)63-23-12-13-25-69(63)75-70/h7-45H,1-6H3. The SMILES string of the molecule is CC(C)(C)c1ccc2c(c1)C1(c3cc(-c4cccc(-c5cccc6ccccc56)c4)ccc3-c3ccc(N(c4ccc(-c5ccccc5)cc4)c4ccc5oc6ccccc6c5c4)cc31)c1cc(C(C)(C)C)ccc1-2. The minimum absolute atomic E-state index is 0.0732. The minimum Gasteiger partial charge on any atom is -0.456 e. The van der Waals surface area contributed by atoms with Crippen LogP contribution in [0.1, 0.15) is 74.9 Å². The van der Waals surface area contributed by atoms with Crippen LogP contribution in [0, 0.1) is 0 Å². The molecular formula is C73H57NO. The molecule has 0 N–H and O–H groups in total. The van der Waals surface area contributed by atoms with Gasteiger partial charge in [0, 0.05) is 27.8 Å². The lowest BCUT2D eigenvalue weighted by molar-refractivity contribution is 0.586. The van der Waals surface area contributed by atoms with E-state index in [-0.39, 0.29) is 10.8 Å². The molecule has 0 saturated carbocycles. The van der Waals surface area contributed by atoms with E-state index in [0.29, 0.717) is 0 Å². The molecule has 14 rings (SSSR count). The first kappa shape index (κ1) is 44.9. The highest BCUT2D eigenvalue weighted by molar-refractivity contribution is 6.07. The van der Waals surface area contributed by atoms with Gasteiger partial charge in [0.25, 0.3) is 0 Å². The lowest BCUT2D eigenvalue weighted by Gasteiger charge is -2.34. The van der Waals surface area contributed by atoms with Crippen LogP contribution < -0.4 is 4.90 Å². The fourth-order valence-corrected chi connectivity index (χ4v) is 12.5. The Labute approximate surface area is 440 Å². The van der Waals surface area contributed by atoms with Crippen LogP contribution in [0.15, 0.2) is 241 Å². The van der Waals surface area contributed by atoms with E-state index in [2.05, 4.69) is 277 Å². The lowest BCUT2D eigenvalue weighted by Crippen LogP contribution is -2.27. The maximum Gasteiger partial charge on any atom is 0.135 e. The first-order valence-electron chi connectivity index (χ1n) is 26.5. The predicted molar refractivity (Wildman–Crippen MR) is 316 cm³/mol. The molecule has 0 unspecified atom stereocenters. The van der Waals surface area contributed by atoms with Crippen molar-refractivity contribution in [2.75, 3.05) is 4.90 Å². The van der Waals surface area contributed by atoms with Gasteiger partial charge in [-0.2, -0.15) is 0 Å². The third kappa shape index (κ3) is 7.07. The highest BCUT2D eigenvalue weighted by Gasteiger charge is 2.53. The number of furan rings is 1. The van der Waals surface area contributed by atoms with Crippen LogP contribution in [0.2, 0.25) is 0 Å². The van der Waals surface area contributed by atoms with Crippen LogP contribution in [-0.2, 0) is 16.2 Å². The summed E-state index contributed by atoms with van der Waals surface area (Å²) in [5, 5.41) is 4.72. The number of rotatable bonds is 6. The fourth-order valence-electron chi connectivity index (χ4n) is 12.5. The molecule has 0 saturated heterocycles. The zero-order valence-corrected chi connectivity index (χ0v) is 43.4. The van der Waals surface area contributed by atoms with E-state index in [1.807, 2.05) is 6.07 Å². The van der Waals surface area contributed by atoms with E-state index >= 15 is 0 Å². The van der Waals surface area contributed by atoms with Gasteiger partial charge in [-0.05, 0) is 171 Å². The quantitative estimate of drug-likeness (QED) is 0.165. The summed E-state index contributed by atoms with van der Waals surface area (Å²) in [5.41, 5.74) is 24.6. The van der Waals surface area contributed by atoms with E-state index in [1.165, 1.54) is 99.8 Å². The van der Waals surface area contributed by atoms with Crippen molar-refractivity contribution in [1.29, 1.82) is 0 Å². The molecular weight excluding hydrogens is 907 g/mol. The first-order chi connectivity index (χ1) is 36.4. The van der Waals surface area contributed by atoms with Crippen molar-refractivity contribution >= 4 is 49.8 Å². The van der Waals surface area contributed by atoms with Crippen LogP contribution in [0.5, 0.6) is 0 Å². The van der Waals surface area contributed by atoms with Crippen molar-refractivity contribution in [3.05, 3.63) is 270 Å². The summed E-state index contributed by atoms with van der Waals surface area (Å²) in [6.07, 6.45) is 0. The number of nitrogens with zero attached hydrogens (tertiary/aromatic N) is 1. The largest absolute Gasteiger partial charge is 0.456 e. The Morgan fingerprint density at radius 3 is 1.51 bits per heavy atom. The molecule has 0 bridgehead atoms. The molecule has 360 valence electrons. The van der Waals surface area contributed by atoms with Crippen LogP contribution in [0.4, 0.5) is 17.1 Å². The number of fused-ring (bicyclic) bond motifs is 14. The van der Waals surface area contributed by atoms with Crippen LogP contribution in [0.3, 0.4) is 0 Å². The fraction of sp³-hybridized carbons (Fsp3) is 0.123.